The first kappa shape index (κ1) is 18.2. The summed E-state index contributed by atoms with van der Waals surface area (Å²) >= 11 is 0. The van der Waals surface area contributed by atoms with Crippen LogP contribution in [0, 0.1) is 6.92 Å². The third kappa shape index (κ3) is 4.23. The van der Waals surface area contributed by atoms with Crippen LogP contribution >= 0.6 is 0 Å². The average molecular weight is 328 g/mol. The van der Waals surface area contributed by atoms with Crippen LogP contribution < -0.4 is 5.32 Å². The number of aryl methyl sites for hydroxylation is 1. The van der Waals surface area contributed by atoms with Gasteiger partial charge in [-0.25, -0.2) is 0 Å². The summed E-state index contributed by atoms with van der Waals surface area (Å²) in [5, 5.41) is 7.36. The fourth-order valence-corrected chi connectivity index (χ4v) is 2.82. The van der Waals surface area contributed by atoms with E-state index in [4.69, 9.17) is 0 Å². The third-order valence-corrected chi connectivity index (χ3v) is 4.47. The van der Waals surface area contributed by atoms with E-state index in [-0.39, 0.29) is 5.91 Å². The monoisotopic (exact) mass is 328 g/mol. The minimum absolute atomic E-state index is 0.0188. The Hall–Kier alpha value is -2.14. The Morgan fingerprint density at radius 1 is 1.17 bits per heavy atom. The van der Waals surface area contributed by atoms with Crippen molar-refractivity contribution in [1.29, 1.82) is 0 Å². The summed E-state index contributed by atoms with van der Waals surface area (Å²) < 4.78 is 1.98. The molecule has 0 atom stereocenters. The minimum Gasteiger partial charge on any atom is -0.351 e. The first-order chi connectivity index (χ1) is 11.6. The van der Waals surface area contributed by atoms with Gasteiger partial charge in [-0.05, 0) is 44.6 Å². The Labute approximate surface area is 144 Å². The zero-order valence-electron chi connectivity index (χ0n) is 15.2. The summed E-state index contributed by atoms with van der Waals surface area (Å²) in [7, 11) is 0. The van der Waals surface area contributed by atoms with Gasteiger partial charge in [-0.1, -0.05) is 26.0 Å². The lowest BCUT2D eigenvalue weighted by Gasteiger charge is -2.17. The minimum atomic E-state index is -0.0188. The maximum atomic E-state index is 12.2. The zero-order valence-corrected chi connectivity index (χ0v) is 15.2. The van der Waals surface area contributed by atoms with Gasteiger partial charge in [0.15, 0.2) is 0 Å². The first-order valence-electron chi connectivity index (χ1n) is 8.74. The molecule has 0 radical (unpaired) electrons. The van der Waals surface area contributed by atoms with E-state index in [0.29, 0.717) is 12.1 Å². The number of rotatable bonds is 8. The van der Waals surface area contributed by atoms with Crippen LogP contribution in [0.5, 0.6) is 0 Å². The second kappa shape index (κ2) is 8.64. The highest BCUT2D eigenvalue weighted by Crippen LogP contribution is 2.23. The number of hydrogen-bond acceptors (Lipinski definition) is 3. The number of carbonyl (C=O) groups is 1. The van der Waals surface area contributed by atoms with Crippen molar-refractivity contribution in [2.45, 2.75) is 34.2 Å². The summed E-state index contributed by atoms with van der Waals surface area (Å²) in [6.07, 6.45) is 1.89. The lowest BCUT2D eigenvalue weighted by molar-refractivity contribution is 0.0949. The quantitative estimate of drug-likeness (QED) is 0.810. The van der Waals surface area contributed by atoms with Gasteiger partial charge in [-0.3, -0.25) is 9.48 Å². The van der Waals surface area contributed by atoms with Crippen molar-refractivity contribution in [3.63, 3.8) is 0 Å². The van der Waals surface area contributed by atoms with Crippen LogP contribution in [0.4, 0.5) is 0 Å². The Kier molecular flexibility index (Phi) is 6.55. The summed E-state index contributed by atoms with van der Waals surface area (Å²) in [5.74, 6) is -0.0188. The van der Waals surface area contributed by atoms with E-state index in [2.05, 4.69) is 43.0 Å². The van der Waals surface area contributed by atoms with E-state index in [1.807, 2.05) is 35.1 Å². The first-order valence-corrected chi connectivity index (χ1v) is 8.74. The molecular weight excluding hydrogens is 300 g/mol. The van der Waals surface area contributed by atoms with Gasteiger partial charge < -0.3 is 10.2 Å². The molecule has 5 heteroatoms. The molecule has 0 saturated heterocycles. The Balaban J connectivity index is 1.98. The fraction of sp³-hybridized carbons (Fsp3) is 0.474. The molecular formula is C19H28N4O. The molecule has 24 heavy (non-hydrogen) atoms. The van der Waals surface area contributed by atoms with E-state index in [1.54, 1.807) is 0 Å². The lowest BCUT2D eigenvalue weighted by atomic mass is 10.0. The number of nitrogens with one attached hydrogen (secondary N) is 1. The third-order valence-electron chi connectivity index (χ3n) is 4.47. The Bertz CT molecular complexity index is 657. The maximum absolute atomic E-state index is 12.2. The number of amides is 1. The molecule has 0 spiro atoms. The Morgan fingerprint density at radius 2 is 1.83 bits per heavy atom. The smallest absolute Gasteiger partial charge is 0.251 e. The highest BCUT2D eigenvalue weighted by Gasteiger charge is 2.10. The average Bonchev–Trinajstić information content (AvgIpc) is 2.99. The van der Waals surface area contributed by atoms with Gasteiger partial charge in [0.2, 0.25) is 0 Å². The molecule has 0 saturated carbocycles. The molecule has 0 unspecified atom stereocenters. The largest absolute Gasteiger partial charge is 0.351 e. The molecule has 0 aliphatic rings. The maximum Gasteiger partial charge on any atom is 0.251 e. The number of benzene rings is 1. The highest BCUT2D eigenvalue weighted by molar-refractivity contribution is 5.94. The van der Waals surface area contributed by atoms with Crippen molar-refractivity contribution in [2.24, 2.45) is 0 Å². The van der Waals surface area contributed by atoms with Crippen LogP contribution in [-0.2, 0) is 6.54 Å². The van der Waals surface area contributed by atoms with E-state index < -0.39 is 0 Å². The van der Waals surface area contributed by atoms with Crippen molar-refractivity contribution in [2.75, 3.05) is 26.2 Å². The topological polar surface area (TPSA) is 50.2 Å². The summed E-state index contributed by atoms with van der Waals surface area (Å²) in [6.45, 7) is 12.8. The molecule has 1 aromatic heterocycles. The van der Waals surface area contributed by atoms with Crippen molar-refractivity contribution in [3.05, 3.63) is 41.7 Å². The van der Waals surface area contributed by atoms with Crippen LogP contribution in [0.15, 0.2) is 30.5 Å². The molecule has 1 heterocycles. The summed E-state index contributed by atoms with van der Waals surface area (Å²) in [5.41, 5.74) is 4.05. The second-order valence-electron chi connectivity index (χ2n) is 5.82. The van der Waals surface area contributed by atoms with Crippen LogP contribution in [0.2, 0.25) is 0 Å². The van der Waals surface area contributed by atoms with Gasteiger partial charge >= 0.3 is 0 Å². The number of likely N-dealkylation sites (N-methyl/N-ethyl adjacent to an activating group) is 1. The fourth-order valence-electron chi connectivity index (χ4n) is 2.82. The molecule has 2 rings (SSSR count). The molecule has 5 nitrogen and oxygen atoms in total. The second-order valence-corrected chi connectivity index (χ2v) is 5.82. The van der Waals surface area contributed by atoms with Crippen LogP contribution in [-0.4, -0.2) is 46.8 Å². The van der Waals surface area contributed by atoms with Gasteiger partial charge in [-0.2, -0.15) is 5.10 Å². The highest BCUT2D eigenvalue weighted by atomic mass is 16.1. The molecule has 1 N–H and O–H groups in total. The number of carbonyl (C=O) groups excluding carboxylic acids is 1. The van der Waals surface area contributed by atoms with E-state index >= 15 is 0 Å². The molecule has 0 aliphatic heterocycles. The van der Waals surface area contributed by atoms with E-state index in [0.717, 1.165) is 43.0 Å². The van der Waals surface area contributed by atoms with Crippen molar-refractivity contribution >= 4 is 5.91 Å². The predicted octanol–water partition coefficient (Wildman–Crippen LogP) is 2.95. The standard InChI is InChI=1S/C19H28N4O/c1-5-22(6-2)13-12-20-19(24)17-10-8-16(9-11-17)18-14-21-23(7-3)15(18)4/h8-11,14H,5-7,12-13H2,1-4H3,(H,20,24). The number of aromatic nitrogens is 2. The molecule has 130 valence electrons. The van der Waals surface area contributed by atoms with Gasteiger partial charge in [-0.15, -0.1) is 0 Å². The molecule has 0 bridgehead atoms. The summed E-state index contributed by atoms with van der Waals surface area (Å²) in [4.78, 5) is 14.5. The predicted molar refractivity (Wildman–Crippen MR) is 98.2 cm³/mol. The lowest BCUT2D eigenvalue weighted by Crippen LogP contribution is -2.34. The van der Waals surface area contributed by atoms with E-state index in [9.17, 15) is 4.79 Å². The van der Waals surface area contributed by atoms with Crippen molar-refractivity contribution in [3.8, 4) is 11.1 Å². The van der Waals surface area contributed by atoms with Crippen LogP contribution in [0.1, 0.15) is 36.8 Å². The zero-order chi connectivity index (χ0) is 17.5. The molecule has 0 aliphatic carbocycles. The SMILES string of the molecule is CCN(CC)CCNC(=O)c1ccc(-c2cnn(CC)c2C)cc1. The normalized spacial score (nSPS) is 11.0. The van der Waals surface area contributed by atoms with Gasteiger partial charge in [0.25, 0.3) is 5.91 Å². The molecule has 0 fully saturated rings. The van der Waals surface area contributed by atoms with E-state index in [1.165, 1.54) is 0 Å². The molecule has 1 amide bonds. The Morgan fingerprint density at radius 3 is 2.38 bits per heavy atom. The van der Waals surface area contributed by atoms with Gasteiger partial charge in [0.05, 0.1) is 6.20 Å². The molecule has 2 aromatic rings. The van der Waals surface area contributed by atoms with Gasteiger partial charge in [0.1, 0.15) is 0 Å². The van der Waals surface area contributed by atoms with Crippen LogP contribution in [0.3, 0.4) is 0 Å². The van der Waals surface area contributed by atoms with Crippen molar-refractivity contribution < 1.29 is 4.79 Å². The number of nitrogens with zero attached hydrogens (tertiary/aromatic N) is 3. The van der Waals surface area contributed by atoms with Gasteiger partial charge in [0, 0.05) is 36.5 Å². The number of hydrogen-bond donors (Lipinski definition) is 1. The summed E-state index contributed by atoms with van der Waals surface area (Å²) in [6, 6.07) is 7.74. The van der Waals surface area contributed by atoms with Crippen LogP contribution in [0.25, 0.3) is 11.1 Å². The molecule has 1 aromatic carbocycles. The van der Waals surface area contributed by atoms with Crippen molar-refractivity contribution in [1.82, 2.24) is 20.0 Å².